The number of aryl methyl sites for hydroxylation is 1. The molecule has 0 radical (unpaired) electrons. The summed E-state index contributed by atoms with van der Waals surface area (Å²) in [6.45, 7) is 1.45. The topological polar surface area (TPSA) is 72.5 Å². The summed E-state index contributed by atoms with van der Waals surface area (Å²) < 4.78 is 4.99. The van der Waals surface area contributed by atoms with Crippen molar-refractivity contribution in [1.82, 2.24) is 5.32 Å². The molecular formula is C24H23NO4. The predicted octanol–water partition coefficient (Wildman–Crippen LogP) is 3.95. The molecule has 3 rings (SSSR count). The van der Waals surface area contributed by atoms with Gasteiger partial charge in [0.15, 0.2) is 12.4 Å². The number of rotatable bonds is 8. The van der Waals surface area contributed by atoms with Crippen molar-refractivity contribution < 1.29 is 19.1 Å². The average Bonchev–Trinajstić information content (AvgIpc) is 2.76. The minimum Gasteiger partial charge on any atom is -0.456 e. The Bertz CT molecular complexity index is 1020. The monoisotopic (exact) mass is 389 g/mol. The van der Waals surface area contributed by atoms with Crippen molar-refractivity contribution in [3.63, 3.8) is 0 Å². The first kappa shape index (κ1) is 20.3. The Morgan fingerprint density at radius 1 is 0.862 bits per heavy atom. The maximum atomic E-state index is 12.3. The van der Waals surface area contributed by atoms with Crippen molar-refractivity contribution >= 4 is 28.4 Å². The van der Waals surface area contributed by atoms with Crippen LogP contribution in [0.2, 0.25) is 0 Å². The van der Waals surface area contributed by atoms with Gasteiger partial charge in [-0.15, -0.1) is 0 Å². The standard InChI is InChI=1S/C24H23NO4/c1-2-5-17-8-10-19(11-9-17)22(26)16-29-23(27)15-25-24(28)21-13-12-18-6-3-4-7-20(18)14-21/h3-4,6-14H,2,5,15-16H2,1H3,(H,25,28). The molecule has 29 heavy (non-hydrogen) atoms. The van der Waals surface area contributed by atoms with Gasteiger partial charge in [-0.3, -0.25) is 14.4 Å². The molecule has 0 aliphatic heterocycles. The van der Waals surface area contributed by atoms with E-state index in [0.29, 0.717) is 11.1 Å². The van der Waals surface area contributed by atoms with Gasteiger partial charge < -0.3 is 10.1 Å². The molecule has 0 unspecified atom stereocenters. The number of carbonyl (C=O) groups is 3. The van der Waals surface area contributed by atoms with Crippen LogP contribution in [0.5, 0.6) is 0 Å². The number of hydrogen-bond donors (Lipinski definition) is 1. The molecule has 1 N–H and O–H groups in total. The molecular weight excluding hydrogens is 366 g/mol. The lowest BCUT2D eigenvalue weighted by Crippen LogP contribution is -2.31. The molecule has 5 heteroatoms. The van der Waals surface area contributed by atoms with E-state index >= 15 is 0 Å². The van der Waals surface area contributed by atoms with Gasteiger partial charge in [-0.2, -0.15) is 0 Å². The molecule has 3 aromatic carbocycles. The number of hydrogen-bond acceptors (Lipinski definition) is 4. The smallest absolute Gasteiger partial charge is 0.325 e. The third-order valence-corrected chi connectivity index (χ3v) is 4.58. The number of amides is 1. The molecule has 3 aromatic rings. The van der Waals surface area contributed by atoms with Crippen LogP contribution in [0.1, 0.15) is 39.6 Å². The second-order valence-corrected chi connectivity index (χ2v) is 6.78. The molecule has 0 saturated heterocycles. The van der Waals surface area contributed by atoms with E-state index in [-0.39, 0.29) is 24.8 Å². The van der Waals surface area contributed by atoms with Crippen LogP contribution in [-0.2, 0) is 16.0 Å². The van der Waals surface area contributed by atoms with Gasteiger partial charge in [-0.05, 0) is 34.9 Å². The van der Waals surface area contributed by atoms with E-state index < -0.39 is 5.97 Å². The summed E-state index contributed by atoms with van der Waals surface area (Å²) in [7, 11) is 0. The van der Waals surface area contributed by atoms with Gasteiger partial charge in [-0.25, -0.2) is 0 Å². The van der Waals surface area contributed by atoms with Crippen LogP contribution in [0, 0.1) is 0 Å². The maximum Gasteiger partial charge on any atom is 0.325 e. The first-order valence-corrected chi connectivity index (χ1v) is 9.61. The van der Waals surface area contributed by atoms with Gasteiger partial charge >= 0.3 is 5.97 Å². The average molecular weight is 389 g/mol. The zero-order chi connectivity index (χ0) is 20.6. The Morgan fingerprint density at radius 2 is 1.55 bits per heavy atom. The van der Waals surface area contributed by atoms with Crippen LogP contribution in [0.15, 0.2) is 66.7 Å². The van der Waals surface area contributed by atoms with Crippen LogP contribution in [0.3, 0.4) is 0 Å². The van der Waals surface area contributed by atoms with Crippen molar-refractivity contribution in [2.45, 2.75) is 19.8 Å². The van der Waals surface area contributed by atoms with Crippen LogP contribution < -0.4 is 5.32 Å². The Balaban J connectivity index is 1.47. The number of Topliss-reactive ketones (excluding diaryl/α,β-unsaturated/α-hetero) is 1. The van der Waals surface area contributed by atoms with Crippen LogP contribution in [-0.4, -0.2) is 30.8 Å². The maximum absolute atomic E-state index is 12.3. The zero-order valence-corrected chi connectivity index (χ0v) is 16.3. The van der Waals surface area contributed by atoms with E-state index in [1.807, 2.05) is 42.5 Å². The molecule has 1 amide bonds. The van der Waals surface area contributed by atoms with Crippen molar-refractivity contribution in [1.29, 1.82) is 0 Å². The summed E-state index contributed by atoms with van der Waals surface area (Å²) in [5.74, 6) is -1.30. The molecule has 0 saturated carbocycles. The first-order chi connectivity index (χ1) is 14.1. The number of nitrogens with one attached hydrogen (secondary N) is 1. The highest BCUT2D eigenvalue weighted by atomic mass is 16.5. The number of ether oxygens (including phenoxy) is 1. The van der Waals surface area contributed by atoms with Gasteiger partial charge in [0, 0.05) is 11.1 Å². The fourth-order valence-electron chi connectivity index (χ4n) is 3.01. The molecule has 5 nitrogen and oxygen atoms in total. The molecule has 0 atom stereocenters. The van der Waals surface area contributed by atoms with E-state index in [1.54, 1.807) is 24.3 Å². The van der Waals surface area contributed by atoms with Crippen LogP contribution >= 0.6 is 0 Å². The highest BCUT2D eigenvalue weighted by Gasteiger charge is 2.12. The van der Waals surface area contributed by atoms with E-state index in [4.69, 9.17) is 4.74 Å². The van der Waals surface area contributed by atoms with Crippen molar-refractivity contribution in [2.75, 3.05) is 13.2 Å². The van der Waals surface area contributed by atoms with E-state index in [0.717, 1.165) is 29.2 Å². The number of carbonyl (C=O) groups excluding carboxylic acids is 3. The van der Waals surface area contributed by atoms with Crippen LogP contribution in [0.25, 0.3) is 10.8 Å². The van der Waals surface area contributed by atoms with Crippen molar-refractivity contribution in [3.05, 3.63) is 83.4 Å². The first-order valence-electron chi connectivity index (χ1n) is 9.61. The molecule has 0 aliphatic rings. The second-order valence-electron chi connectivity index (χ2n) is 6.78. The molecule has 0 spiro atoms. The predicted molar refractivity (Wildman–Crippen MR) is 112 cm³/mol. The van der Waals surface area contributed by atoms with Gasteiger partial charge in [0.25, 0.3) is 5.91 Å². The summed E-state index contributed by atoms with van der Waals surface area (Å²) >= 11 is 0. The molecule has 0 aliphatic carbocycles. The fraction of sp³-hybridized carbons (Fsp3) is 0.208. The number of ketones is 1. The minimum atomic E-state index is -0.657. The largest absolute Gasteiger partial charge is 0.456 e. The Labute approximate surface area is 169 Å². The van der Waals surface area contributed by atoms with Gasteiger partial charge in [0.2, 0.25) is 0 Å². The van der Waals surface area contributed by atoms with Crippen LogP contribution in [0.4, 0.5) is 0 Å². The highest BCUT2D eigenvalue weighted by molar-refractivity contribution is 6.00. The zero-order valence-electron chi connectivity index (χ0n) is 16.3. The SMILES string of the molecule is CCCc1ccc(C(=O)COC(=O)CNC(=O)c2ccc3ccccc3c2)cc1. The lowest BCUT2D eigenvalue weighted by Gasteiger charge is -2.07. The molecule has 0 heterocycles. The normalized spacial score (nSPS) is 10.5. The summed E-state index contributed by atoms with van der Waals surface area (Å²) in [5, 5.41) is 4.50. The van der Waals surface area contributed by atoms with E-state index in [1.165, 1.54) is 0 Å². The number of fused-ring (bicyclic) bond motifs is 1. The van der Waals surface area contributed by atoms with Gasteiger partial charge in [-0.1, -0.05) is 67.9 Å². The Hall–Kier alpha value is -3.47. The minimum absolute atomic E-state index is 0.276. The third-order valence-electron chi connectivity index (χ3n) is 4.58. The van der Waals surface area contributed by atoms with E-state index in [2.05, 4.69) is 12.2 Å². The molecule has 0 bridgehead atoms. The summed E-state index contributed by atoms with van der Waals surface area (Å²) in [4.78, 5) is 36.3. The number of esters is 1. The summed E-state index contributed by atoms with van der Waals surface area (Å²) in [6, 6.07) is 20.3. The molecule has 148 valence electrons. The van der Waals surface area contributed by atoms with Crippen molar-refractivity contribution in [2.24, 2.45) is 0 Å². The fourth-order valence-corrected chi connectivity index (χ4v) is 3.01. The van der Waals surface area contributed by atoms with Gasteiger partial charge in [0.1, 0.15) is 6.54 Å². The highest BCUT2D eigenvalue weighted by Crippen LogP contribution is 2.15. The van der Waals surface area contributed by atoms with Crippen molar-refractivity contribution in [3.8, 4) is 0 Å². The molecule has 0 fully saturated rings. The lowest BCUT2D eigenvalue weighted by molar-refractivity contribution is -0.141. The molecule has 0 aromatic heterocycles. The Morgan fingerprint density at radius 3 is 2.28 bits per heavy atom. The quantitative estimate of drug-likeness (QED) is 0.468. The lowest BCUT2D eigenvalue weighted by atomic mass is 10.1. The van der Waals surface area contributed by atoms with E-state index in [9.17, 15) is 14.4 Å². The third kappa shape index (κ3) is 5.51. The summed E-state index contributed by atoms with van der Waals surface area (Å²) in [5.41, 5.74) is 2.12. The summed E-state index contributed by atoms with van der Waals surface area (Å²) in [6.07, 6.45) is 2.00. The Kier molecular flexibility index (Phi) is 6.74. The second kappa shape index (κ2) is 9.64. The number of benzene rings is 3. The van der Waals surface area contributed by atoms with Gasteiger partial charge in [0.05, 0.1) is 0 Å².